The number of halogens is 4. The Morgan fingerprint density at radius 3 is 2.33 bits per heavy atom. The molecule has 1 aliphatic heterocycles. The van der Waals surface area contributed by atoms with Crippen molar-refractivity contribution in [2.75, 3.05) is 37.7 Å². The molecule has 30 heavy (non-hydrogen) atoms. The van der Waals surface area contributed by atoms with Crippen LogP contribution in [0.2, 0.25) is 0 Å². The molecule has 0 unspecified atom stereocenters. The Morgan fingerprint density at radius 1 is 1.10 bits per heavy atom. The van der Waals surface area contributed by atoms with Crippen molar-refractivity contribution < 1.29 is 30.7 Å². The number of nitrogens with zero attached hydrogens (tertiary/aromatic N) is 4. The van der Waals surface area contributed by atoms with E-state index in [0.717, 1.165) is 16.4 Å². The number of piperazine rings is 1. The number of hydrogen-bond acceptors (Lipinski definition) is 6. The number of sulfonamides is 1. The molecule has 1 aromatic heterocycles. The molecule has 164 valence electrons. The SMILES string of the molecule is CCOc1ccc(S(=O)(=O)N2CCN(c3cc(C(F)(F)F)nc(C)n3)CC2)cc1F. The molecule has 7 nitrogen and oxygen atoms in total. The van der Waals surface area contributed by atoms with E-state index in [0.29, 0.717) is 0 Å². The van der Waals surface area contributed by atoms with Crippen LogP contribution in [-0.2, 0) is 16.2 Å². The maximum absolute atomic E-state index is 14.1. The zero-order valence-corrected chi connectivity index (χ0v) is 17.1. The molecule has 0 spiro atoms. The van der Waals surface area contributed by atoms with Gasteiger partial charge in [-0.05, 0) is 32.0 Å². The highest BCUT2D eigenvalue weighted by molar-refractivity contribution is 7.89. The number of alkyl halides is 3. The molecule has 1 aromatic carbocycles. The van der Waals surface area contributed by atoms with Crippen LogP contribution in [0.5, 0.6) is 5.75 Å². The molecule has 12 heteroatoms. The highest BCUT2D eigenvalue weighted by Gasteiger charge is 2.35. The summed E-state index contributed by atoms with van der Waals surface area (Å²) in [4.78, 5) is 8.80. The molecule has 2 aromatic rings. The average Bonchev–Trinajstić information content (AvgIpc) is 2.68. The van der Waals surface area contributed by atoms with Gasteiger partial charge in [0.15, 0.2) is 11.6 Å². The predicted molar refractivity (Wildman–Crippen MR) is 100 cm³/mol. The van der Waals surface area contributed by atoms with Gasteiger partial charge in [-0.25, -0.2) is 22.8 Å². The van der Waals surface area contributed by atoms with Gasteiger partial charge in [0.2, 0.25) is 10.0 Å². The molecular formula is C18H20F4N4O3S. The van der Waals surface area contributed by atoms with Gasteiger partial charge in [0.25, 0.3) is 0 Å². The van der Waals surface area contributed by atoms with E-state index in [4.69, 9.17) is 4.74 Å². The van der Waals surface area contributed by atoms with E-state index < -0.39 is 27.7 Å². The van der Waals surface area contributed by atoms with Gasteiger partial charge in [-0.2, -0.15) is 17.5 Å². The molecule has 0 aliphatic carbocycles. The Balaban J connectivity index is 1.75. The monoisotopic (exact) mass is 448 g/mol. The van der Waals surface area contributed by atoms with E-state index in [1.807, 2.05) is 0 Å². The van der Waals surface area contributed by atoms with Gasteiger partial charge in [0.1, 0.15) is 17.3 Å². The van der Waals surface area contributed by atoms with Crippen LogP contribution in [0, 0.1) is 12.7 Å². The van der Waals surface area contributed by atoms with Crippen molar-refractivity contribution in [3.05, 3.63) is 41.6 Å². The van der Waals surface area contributed by atoms with Crippen LogP contribution in [-0.4, -0.2) is 55.5 Å². The summed E-state index contributed by atoms with van der Waals surface area (Å²) in [5.74, 6) is -0.771. The van der Waals surface area contributed by atoms with Crippen molar-refractivity contribution in [3.63, 3.8) is 0 Å². The molecule has 1 aliphatic rings. The molecule has 1 fully saturated rings. The van der Waals surface area contributed by atoms with E-state index in [2.05, 4.69) is 9.97 Å². The molecule has 3 rings (SSSR count). The van der Waals surface area contributed by atoms with Crippen LogP contribution >= 0.6 is 0 Å². The number of aromatic nitrogens is 2. The van der Waals surface area contributed by atoms with Crippen molar-refractivity contribution in [1.29, 1.82) is 0 Å². The Hall–Kier alpha value is -2.47. The summed E-state index contributed by atoms with van der Waals surface area (Å²) in [5.41, 5.74) is -1.05. The summed E-state index contributed by atoms with van der Waals surface area (Å²) < 4.78 is 84.9. The summed E-state index contributed by atoms with van der Waals surface area (Å²) in [6, 6.07) is 4.26. The van der Waals surface area contributed by atoms with Crippen molar-refractivity contribution in [1.82, 2.24) is 14.3 Å². The standard InChI is InChI=1S/C18H20F4N4O3S/c1-3-29-15-5-4-13(10-14(15)19)30(27,28)26-8-6-25(7-9-26)17-11-16(18(20,21)22)23-12(2)24-17/h4-5,10-11H,3,6-9H2,1-2H3. The number of aryl methyl sites for hydroxylation is 1. The molecule has 0 saturated carbocycles. The van der Waals surface area contributed by atoms with E-state index >= 15 is 0 Å². The fourth-order valence-corrected chi connectivity index (χ4v) is 4.51. The minimum Gasteiger partial charge on any atom is -0.491 e. The maximum atomic E-state index is 14.1. The number of ether oxygens (including phenoxy) is 1. The summed E-state index contributed by atoms with van der Waals surface area (Å²) in [6.45, 7) is 3.58. The van der Waals surface area contributed by atoms with Crippen LogP contribution in [0.15, 0.2) is 29.2 Å². The lowest BCUT2D eigenvalue weighted by Gasteiger charge is -2.34. The number of hydrogen-bond donors (Lipinski definition) is 0. The molecular weight excluding hydrogens is 428 g/mol. The predicted octanol–water partition coefficient (Wildman–Crippen LogP) is 2.85. The van der Waals surface area contributed by atoms with Gasteiger partial charge in [-0.3, -0.25) is 0 Å². The van der Waals surface area contributed by atoms with Crippen LogP contribution < -0.4 is 9.64 Å². The van der Waals surface area contributed by atoms with Gasteiger partial charge in [-0.15, -0.1) is 0 Å². The van der Waals surface area contributed by atoms with Gasteiger partial charge >= 0.3 is 6.18 Å². The van der Waals surface area contributed by atoms with Gasteiger partial charge in [0, 0.05) is 32.2 Å². The second-order valence-electron chi connectivity index (χ2n) is 6.57. The van der Waals surface area contributed by atoms with E-state index in [1.54, 1.807) is 11.8 Å². The van der Waals surface area contributed by atoms with E-state index in [9.17, 15) is 26.0 Å². The highest BCUT2D eigenvalue weighted by Crippen LogP contribution is 2.30. The first kappa shape index (κ1) is 22.2. The molecule has 0 bridgehead atoms. The Morgan fingerprint density at radius 2 is 1.77 bits per heavy atom. The Bertz CT molecular complexity index is 1020. The number of rotatable bonds is 5. The maximum Gasteiger partial charge on any atom is 0.433 e. The van der Waals surface area contributed by atoms with Gasteiger partial charge in [0.05, 0.1) is 11.5 Å². The number of anilines is 1. The van der Waals surface area contributed by atoms with Gasteiger partial charge in [-0.1, -0.05) is 0 Å². The lowest BCUT2D eigenvalue weighted by Crippen LogP contribution is -2.49. The first-order valence-electron chi connectivity index (χ1n) is 9.12. The lowest BCUT2D eigenvalue weighted by molar-refractivity contribution is -0.141. The largest absolute Gasteiger partial charge is 0.491 e. The van der Waals surface area contributed by atoms with Crippen molar-refractivity contribution in [2.24, 2.45) is 0 Å². The van der Waals surface area contributed by atoms with Gasteiger partial charge < -0.3 is 9.64 Å². The quantitative estimate of drug-likeness (QED) is 0.655. The molecule has 0 radical (unpaired) electrons. The lowest BCUT2D eigenvalue weighted by atomic mass is 10.3. The molecule has 0 atom stereocenters. The second-order valence-corrected chi connectivity index (χ2v) is 8.51. The average molecular weight is 448 g/mol. The molecule has 0 amide bonds. The Labute approximate surface area is 171 Å². The number of benzene rings is 1. The van der Waals surface area contributed by atoms with E-state index in [1.165, 1.54) is 19.1 Å². The molecule has 1 saturated heterocycles. The van der Waals surface area contributed by atoms with Crippen molar-refractivity contribution >= 4 is 15.8 Å². The molecule has 0 N–H and O–H groups in total. The Kier molecular flexibility index (Phi) is 6.18. The highest BCUT2D eigenvalue weighted by atomic mass is 32.2. The topological polar surface area (TPSA) is 75.6 Å². The second kappa shape index (κ2) is 8.34. The smallest absolute Gasteiger partial charge is 0.433 e. The normalized spacial score (nSPS) is 16.0. The van der Waals surface area contributed by atoms with Crippen molar-refractivity contribution in [2.45, 2.75) is 24.9 Å². The van der Waals surface area contributed by atoms with E-state index in [-0.39, 0.29) is 55.1 Å². The molecule has 2 heterocycles. The third-order valence-corrected chi connectivity index (χ3v) is 6.41. The van der Waals surface area contributed by atoms with Crippen LogP contribution in [0.1, 0.15) is 18.4 Å². The van der Waals surface area contributed by atoms with Crippen LogP contribution in [0.25, 0.3) is 0 Å². The summed E-state index contributed by atoms with van der Waals surface area (Å²) in [6.07, 6.45) is -4.61. The first-order valence-corrected chi connectivity index (χ1v) is 10.6. The summed E-state index contributed by atoms with van der Waals surface area (Å²) in [5, 5.41) is 0. The first-order chi connectivity index (χ1) is 14.0. The third kappa shape index (κ3) is 4.64. The minimum absolute atomic E-state index is 0.0154. The fourth-order valence-electron chi connectivity index (χ4n) is 3.08. The van der Waals surface area contributed by atoms with Crippen LogP contribution in [0.4, 0.5) is 23.4 Å². The third-order valence-electron chi connectivity index (χ3n) is 4.52. The van der Waals surface area contributed by atoms with Crippen LogP contribution in [0.3, 0.4) is 0 Å². The zero-order chi connectivity index (χ0) is 22.1. The summed E-state index contributed by atoms with van der Waals surface area (Å²) in [7, 11) is -3.96. The minimum atomic E-state index is -4.61. The van der Waals surface area contributed by atoms with Crippen molar-refractivity contribution in [3.8, 4) is 5.75 Å². The fraction of sp³-hybridized carbons (Fsp3) is 0.444. The zero-order valence-electron chi connectivity index (χ0n) is 16.3. The summed E-state index contributed by atoms with van der Waals surface area (Å²) >= 11 is 0.